The van der Waals surface area contributed by atoms with E-state index in [1.54, 1.807) is 0 Å². The van der Waals surface area contributed by atoms with Gasteiger partial charge in [0, 0.05) is 10.9 Å². The summed E-state index contributed by atoms with van der Waals surface area (Å²) in [5, 5.41) is 2.43. The number of rotatable bonds is 5. The van der Waals surface area contributed by atoms with Crippen LogP contribution in [0, 0.1) is 0 Å². The summed E-state index contributed by atoms with van der Waals surface area (Å²) >= 11 is 3.53. The van der Waals surface area contributed by atoms with Gasteiger partial charge in [0.05, 0.1) is 0 Å². The van der Waals surface area contributed by atoms with E-state index in [0.29, 0.717) is 12.2 Å². The van der Waals surface area contributed by atoms with Crippen LogP contribution in [-0.4, -0.2) is 18.2 Å². The molecule has 0 radical (unpaired) electrons. The van der Waals surface area contributed by atoms with Gasteiger partial charge in [0.1, 0.15) is 11.4 Å². The topological polar surface area (TPSA) is 35.5 Å². The molecule has 0 saturated carbocycles. The Morgan fingerprint density at radius 1 is 0.963 bits per heavy atom. The molecular weight excluding hydrogens is 404 g/mol. The molecule has 3 nitrogen and oxygen atoms in total. The van der Waals surface area contributed by atoms with Crippen LogP contribution in [0.1, 0.15) is 31.9 Å². The van der Waals surface area contributed by atoms with Gasteiger partial charge in [-0.1, -0.05) is 58.4 Å². The van der Waals surface area contributed by atoms with Crippen molar-refractivity contribution in [1.29, 1.82) is 0 Å². The first-order valence-corrected chi connectivity index (χ1v) is 9.71. The van der Waals surface area contributed by atoms with Crippen molar-refractivity contribution in [3.63, 3.8) is 0 Å². The van der Waals surface area contributed by atoms with Gasteiger partial charge in [-0.05, 0) is 60.9 Å². The molecule has 0 N–H and O–H groups in total. The zero-order valence-corrected chi connectivity index (χ0v) is 17.4. The number of benzene rings is 3. The van der Waals surface area contributed by atoms with Gasteiger partial charge in [0.2, 0.25) is 0 Å². The highest BCUT2D eigenvalue weighted by Gasteiger charge is 2.17. The molecule has 0 heterocycles. The number of hydrogen-bond acceptors (Lipinski definition) is 3. The van der Waals surface area contributed by atoms with E-state index in [1.807, 2.05) is 51.1 Å². The lowest BCUT2D eigenvalue weighted by Crippen LogP contribution is -2.27. The van der Waals surface area contributed by atoms with E-state index in [4.69, 9.17) is 9.47 Å². The number of fused-ring (bicyclic) bond motifs is 1. The van der Waals surface area contributed by atoms with Crippen LogP contribution in [0.25, 0.3) is 10.8 Å². The Kier molecular flexibility index (Phi) is 5.85. The van der Waals surface area contributed by atoms with Gasteiger partial charge < -0.3 is 9.47 Å². The number of ether oxygens (including phenoxy) is 2. The summed E-state index contributed by atoms with van der Waals surface area (Å²) < 4.78 is 12.1. The van der Waals surface area contributed by atoms with Crippen LogP contribution in [0.2, 0.25) is 0 Å². The van der Waals surface area contributed by atoms with Crippen LogP contribution in [0.4, 0.5) is 0 Å². The smallest absolute Gasteiger partial charge is 0.344 e. The summed E-state index contributed by atoms with van der Waals surface area (Å²) in [6.07, 6.45) is 0.713. The maximum atomic E-state index is 12.0. The molecule has 140 valence electrons. The first kappa shape index (κ1) is 19.4. The maximum Gasteiger partial charge on any atom is 0.344 e. The third-order valence-corrected chi connectivity index (χ3v) is 4.54. The van der Waals surface area contributed by atoms with Gasteiger partial charge in [-0.25, -0.2) is 4.79 Å². The number of carbonyl (C=O) groups is 1. The van der Waals surface area contributed by atoms with E-state index in [1.165, 1.54) is 16.3 Å². The third kappa shape index (κ3) is 5.33. The molecule has 0 aliphatic heterocycles. The lowest BCUT2D eigenvalue weighted by molar-refractivity contribution is -0.157. The summed E-state index contributed by atoms with van der Waals surface area (Å²) in [7, 11) is 0. The summed E-state index contributed by atoms with van der Waals surface area (Å²) in [5.74, 6) is 0.318. The number of esters is 1. The largest absolute Gasteiger partial charge is 0.482 e. The average Bonchev–Trinajstić information content (AvgIpc) is 2.60. The average molecular weight is 427 g/mol. The van der Waals surface area contributed by atoms with Crippen molar-refractivity contribution >= 4 is 32.7 Å². The van der Waals surface area contributed by atoms with E-state index in [2.05, 4.69) is 46.3 Å². The zero-order valence-electron chi connectivity index (χ0n) is 15.8. The Morgan fingerprint density at radius 2 is 1.70 bits per heavy atom. The van der Waals surface area contributed by atoms with E-state index < -0.39 is 5.60 Å². The second kappa shape index (κ2) is 8.13. The molecular formula is C23H23BrO3. The molecule has 0 bridgehead atoms. The molecule has 3 aromatic rings. The minimum Gasteiger partial charge on any atom is -0.482 e. The number of hydrogen-bond donors (Lipinski definition) is 0. The fraction of sp³-hybridized carbons (Fsp3) is 0.261. The van der Waals surface area contributed by atoms with Gasteiger partial charge in [0.25, 0.3) is 0 Å². The fourth-order valence-corrected chi connectivity index (χ4v) is 3.39. The lowest BCUT2D eigenvalue weighted by atomic mass is 9.98. The van der Waals surface area contributed by atoms with Crippen LogP contribution < -0.4 is 4.74 Å². The van der Waals surface area contributed by atoms with Crippen molar-refractivity contribution in [2.45, 2.75) is 32.8 Å². The van der Waals surface area contributed by atoms with Gasteiger partial charge in [0.15, 0.2) is 6.61 Å². The molecule has 3 rings (SSSR count). The maximum absolute atomic E-state index is 12.0. The SMILES string of the molecule is CC(C)(C)OC(=O)COc1ccc(Br)cc1Cc1cccc2ccccc12. The normalized spacial score (nSPS) is 11.4. The predicted molar refractivity (Wildman–Crippen MR) is 112 cm³/mol. The fourth-order valence-electron chi connectivity index (χ4n) is 2.99. The van der Waals surface area contributed by atoms with Crippen LogP contribution in [-0.2, 0) is 16.0 Å². The van der Waals surface area contributed by atoms with Gasteiger partial charge in [-0.15, -0.1) is 0 Å². The molecule has 0 saturated heterocycles. The molecule has 3 aromatic carbocycles. The van der Waals surface area contributed by atoms with Crippen molar-refractivity contribution in [2.75, 3.05) is 6.61 Å². The van der Waals surface area contributed by atoms with E-state index in [-0.39, 0.29) is 12.6 Å². The lowest BCUT2D eigenvalue weighted by Gasteiger charge is -2.20. The molecule has 0 unspecified atom stereocenters. The molecule has 27 heavy (non-hydrogen) atoms. The van der Waals surface area contributed by atoms with Crippen LogP contribution >= 0.6 is 15.9 Å². The molecule has 0 aliphatic carbocycles. The minimum absolute atomic E-state index is 0.110. The quantitative estimate of drug-likeness (QED) is 0.475. The highest BCUT2D eigenvalue weighted by Crippen LogP contribution is 2.28. The van der Waals surface area contributed by atoms with Crippen molar-refractivity contribution in [3.05, 3.63) is 76.3 Å². The third-order valence-electron chi connectivity index (χ3n) is 4.05. The Bertz CT molecular complexity index is 952. The van der Waals surface area contributed by atoms with Crippen LogP contribution in [0.5, 0.6) is 5.75 Å². The molecule has 0 amide bonds. The number of carbonyl (C=O) groups excluding carboxylic acids is 1. The molecule has 0 fully saturated rings. The Balaban J connectivity index is 1.83. The molecule has 0 atom stereocenters. The second-order valence-corrected chi connectivity index (χ2v) is 8.36. The summed E-state index contributed by atoms with van der Waals surface area (Å²) in [6, 6.07) is 20.5. The first-order chi connectivity index (χ1) is 12.8. The molecule has 0 spiro atoms. The van der Waals surface area contributed by atoms with Gasteiger partial charge >= 0.3 is 5.97 Å². The number of halogens is 1. The summed E-state index contributed by atoms with van der Waals surface area (Å²) in [6.45, 7) is 5.42. The second-order valence-electron chi connectivity index (χ2n) is 7.44. The molecule has 0 aromatic heterocycles. The Morgan fingerprint density at radius 3 is 2.48 bits per heavy atom. The van der Waals surface area contributed by atoms with Crippen molar-refractivity contribution in [1.82, 2.24) is 0 Å². The van der Waals surface area contributed by atoms with E-state index >= 15 is 0 Å². The van der Waals surface area contributed by atoms with Gasteiger partial charge in [-0.2, -0.15) is 0 Å². The van der Waals surface area contributed by atoms with Crippen molar-refractivity contribution < 1.29 is 14.3 Å². The van der Waals surface area contributed by atoms with Crippen LogP contribution in [0.15, 0.2) is 65.1 Å². The van der Waals surface area contributed by atoms with Gasteiger partial charge in [-0.3, -0.25) is 0 Å². The van der Waals surface area contributed by atoms with Crippen LogP contribution in [0.3, 0.4) is 0 Å². The summed E-state index contributed by atoms with van der Waals surface area (Å²) in [5.41, 5.74) is 1.71. The standard InChI is InChI=1S/C23H23BrO3/c1-23(2,3)27-22(25)15-26-21-12-11-19(24)14-18(21)13-17-9-6-8-16-7-4-5-10-20(16)17/h4-12,14H,13,15H2,1-3H3. The monoisotopic (exact) mass is 426 g/mol. The first-order valence-electron chi connectivity index (χ1n) is 8.91. The zero-order chi connectivity index (χ0) is 19.4. The van der Waals surface area contributed by atoms with E-state index in [9.17, 15) is 4.79 Å². The van der Waals surface area contributed by atoms with E-state index in [0.717, 1.165) is 10.0 Å². The minimum atomic E-state index is -0.522. The molecule has 4 heteroatoms. The highest BCUT2D eigenvalue weighted by atomic mass is 79.9. The van der Waals surface area contributed by atoms with Crippen molar-refractivity contribution in [2.24, 2.45) is 0 Å². The highest BCUT2D eigenvalue weighted by molar-refractivity contribution is 9.10. The Hall–Kier alpha value is -2.33. The molecule has 0 aliphatic rings. The Labute approximate surface area is 168 Å². The predicted octanol–water partition coefficient (Wildman–Crippen LogP) is 5.91. The van der Waals surface area contributed by atoms with Crippen molar-refractivity contribution in [3.8, 4) is 5.75 Å². The summed E-state index contributed by atoms with van der Waals surface area (Å²) in [4.78, 5) is 12.0.